The summed E-state index contributed by atoms with van der Waals surface area (Å²) in [4.78, 5) is 0. The summed E-state index contributed by atoms with van der Waals surface area (Å²) in [5, 5.41) is 12.9. The zero-order valence-electron chi connectivity index (χ0n) is 9.93. The van der Waals surface area contributed by atoms with Crippen molar-refractivity contribution in [2.45, 2.75) is 37.8 Å². The summed E-state index contributed by atoms with van der Waals surface area (Å²) in [6.07, 6.45) is 2.83. The van der Waals surface area contributed by atoms with E-state index in [1.54, 1.807) is 0 Å². The lowest BCUT2D eigenvalue weighted by Gasteiger charge is -2.32. The van der Waals surface area contributed by atoms with Crippen LogP contribution in [0.15, 0.2) is 0 Å². The van der Waals surface area contributed by atoms with Gasteiger partial charge in [0.25, 0.3) is 10.2 Å². The van der Waals surface area contributed by atoms with Crippen molar-refractivity contribution in [2.75, 3.05) is 26.2 Å². The third-order valence-corrected chi connectivity index (χ3v) is 5.09. The summed E-state index contributed by atoms with van der Waals surface area (Å²) in [5.74, 6) is 0. The molecule has 0 bridgehead atoms. The molecule has 2 atom stereocenters. The van der Waals surface area contributed by atoms with Gasteiger partial charge in [-0.1, -0.05) is 12.8 Å². The minimum atomic E-state index is -3.43. The first kappa shape index (κ1) is 13.2. The summed E-state index contributed by atoms with van der Waals surface area (Å²) < 4.78 is 28.2. The molecule has 1 heterocycles. The molecule has 0 aromatic carbocycles. The molecule has 17 heavy (non-hydrogen) atoms. The first-order valence-electron chi connectivity index (χ1n) is 6.26. The van der Waals surface area contributed by atoms with Gasteiger partial charge in [-0.2, -0.15) is 17.4 Å². The highest BCUT2D eigenvalue weighted by Gasteiger charge is 2.31. The number of aliphatic hydroxyl groups excluding tert-OH is 1. The number of piperazine rings is 1. The van der Waals surface area contributed by atoms with E-state index in [1.807, 2.05) is 0 Å². The molecule has 1 aliphatic carbocycles. The van der Waals surface area contributed by atoms with E-state index in [0.717, 1.165) is 19.3 Å². The van der Waals surface area contributed by atoms with E-state index in [-0.39, 0.29) is 6.04 Å². The van der Waals surface area contributed by atoms with E-state index in [1.165, 1.54) is 4.31 Å². The molecule has 0 aromatic heterocycles. The normalized spacial score (nSPS) is 32.5. The SMILES string of the molecule is O=S(=O)(NC1CCCCC1O)N1CCNCC1. The van der Waals surface area contributed by atoms with Crippen LogP contribution in [0.25, 0.3) is 0 Å². The van der Waals surface area contributed by atoms with Crippen LogP contribution in [0.4, 0.5) is 0 Å². The van der Waals surface area contributed by atoms with Crippen molar-refractivity contribution in [1.29, 1.82) is 0 Å². The third kappa shape index (κ3) is 3.38. The number of nitrogens with zero attached hydrogens (tertiary/aromatic N) is 1. The number of hydrogen-bond donors (Lipinski definition) is 3. The van der Waals surface area contributed by atoms with Gasteiger partial charge in [-0.25, -0.2) is 0 Å². The van der Waals surface area contributed by atoms with Crippen molar-refractivity contribution in [3.8, 4) is 0 Å². The standard InChI is InChI=1S/C10H21N3O3S/c14-10-4-2-1-3-9(10)12-17(15,16)13-7-5-11-6-8-13/h9-12,14H,1-8H2. The molecule has 2 aliphatic rings. The molecule has 6 nitrogen and oxygen atoms in total. The Labute approximate surface area is 103 Å². The smallest absolute Gasteiger partial charge is 0.279 e. The maximum Gasteiger partial charge on any atom is 0.279 e. The van der Waals surface area contributed by atoms with Crippen molar-refractivity contribution in [2.24, 2.45) is 0 Å². The Hall–Kier alpha value is -0.210. The fourth-order valence-electron chi connectivity index (χ4n) is 2.40. The summed E-state index contributed by atoms with van der Waals surface area (Å²) >= 11 is 0. The molecule has 0 aromatic rings. The topological polar surface area (TPSA) is 81.7 Å². The monoisotopic (exact) mass is 263 g/mol. The minimum Gasteiger partial charge on any atom is -0.391 e. The number of hydrogen-bond acceptors (Lipinski definition) is 4. The van der Waals surface area contributed by atoms with Gasteiger partial charge in [-0.05, 0) is 12.8 Å². The van der Waals surface area contributed by atoms with Gasteiger partial charge in [0.2, 0.25) is 0 Å². The van der Waals surface area contributed by atoms with Crippen LogP contribution in [-0.2, 0) is 10.2 Å². The lowest BCUT2D eigenvalue weighted by molar-refractivity contribution is 0.100. The van der Waals surface area contributed by atoms with Crippen molar-refractivity contribution in [3.63, 3.8) is 0 Å². The Morgan fingerprint density at radius 3 is 2.47 bits per heavy atom. The van der Waals surface area contributed by atoms with E-state index >= 15 is 0 Å². The van der Waals surface area contributed by atoms with E-state index in [0.29, 0.717) is 32.6 Å². The molecule has 0 amide bonds. The Morgan fingerprint density at radius 2 is 1.82 bits per heavy atom. The second-order valence-electron chi connectivity index (χ2n) is 4.73. The fraction of sp³-hybridized carbons (Fsp3) is 1.00. The molecule has 100 valence electrons. The van der Waals surface area contributed by atoms with Gasteiger partial charge in [0.1, 0.15) is 0 Å². The van der Waals surface area contributed by atoms with Crippen LogP contribution < -0.4 is 10.0 Å². The van der Waals surface area contributed by atoms with Crippen molar-refractivity contribution in [3.05, 3.63) is 0 Å². The van der Waals surface area contributed by atoms with Crippen LogP contribution in [0.2, 0.25) is 0 Å². The second kappa shape index (κ2) is 5.62. The molecule has 2 rings (SSSR count). The lowest BCUT2D eigenvalue weighted by atomic mass is 9.93. The van der Waals surface area contributed by atoms with Crippen molar-refractivity contribution < 1.29 is 13.5 Å². The average molecular weight is 263 g/mol. The summed E-state index contributed by atoms with van der Waals surface area (Å²) in [5.41, 5.74) is 0. The van der Waals surface area contributed by atoms with Gasteiger partial charge in [0.15, 0.2) is 0 Å². The van der Waals surface area contributed by atoms with Gasteiger partial charge in [0, 0.05) is 32.2 Å². The molecular weight excluding hydrogens is 242 g/mol. The van der Waals surface area contributed by atoms with Gasteiger partial charge >= 0.3 is 0 Å². The van der Waals surface area contributed by atoms with E-state index < -0.39 is 16.3 Å². The molecule has 3 N–H and O–H groups in total. The number of aliphatic hydroxyl groups is 1. The Bertz CT molecular complexity index is 341. The molecule has 2 fully saturated rings. The maximum atomic E-state index is 12.1. The van der Waals surface area contributed by atoms with Gasteiger partial charge in [-0.3, -0.25) is 0 Å². The summed E-state index contributed by atoms with van der Waals surface area (Å²) in [7, 11) is -3.43. The molecular formula is C10H21N3O3S. The van der Waals surface area contributed by atoms with E-state index in [4.69, 9.17) is 0 Å². The summed E-state index contributed by atoms with van der Waals surface area (Å²) in [6, 6.07) is -0.316. The van der Waals surface area contributed by atoms with Gasteiger partial charge in [-0.15, -0.1) is 0 Å². The first-order chi connectivity index (χ1) is 8.09. The lowest BCUT2D eigenvalue weighted by Crippen LogP contribution is -2.55. The molecule has 0 radical (unpaired) electrons. The van der Waals surface area contributed by atoms with Crippen LogP contribution in [0, 0.1) is 0 Å². The van der Waals surface area contributed by atoms with Gasteiger partial charge < -0.3 is 10.4 Å². The zero-order valence-corrected chi connectivity index (χ0v) is 10.7. The van der Waals surface area contributed by atoms with Crippen LogP contribution in [0.3, 0.4) is 0 Å². The molecule has 2 unspecified atom stereocenters. The number of nitrogens with one attached hydrogen (secondary N) is 2. The molecule has 0 spiro atoms. The van der Waals surface area contributed by atoms with Crippen LogP contribution in [0.1, 0.15) is 25.7 Å². The second-order valence-corrected chi connectivity index (χ2v) is 6.43. The highest BCUT2D eigenvalue weighted by atomic mass is 32.2. The molecule has 7 heteroatoms. The Morgan fingerprint density at radius 1 is 1.18 bits per heavy atom. The van der Waals surface area contributed by atoms with Crippen LogP contribution in [0.5, 0.6) is 0 Å². The molecule has 1 saturated carbocycles. The fourth-order valence-corrected chi connectivity index (χ4v) is 3.87. The minimum absolute atomic E-state index is 0.316. The highest BCUT2D eigenvalue weighted by molar-refractivity contribution is 7.87. The average Bonchev–Trinajstić information content (AvgIpc) is 2.33. The first-order valence-corrected chi connectivity index (χ1v) is 7.70. The predicted octanol–water partition coefficient (Wildman–Crippen LogP) is -0.970. The van der Waals surface area contributed by atoms with Crippen molar-refractivity contribution >= 4 is 10.2 Å². The number of rotatable bonds is 3. The Balaban J connectivity index is 1.95. The highest BCUT2D eigenvalue weighted by Crippen LogP contribution is 2.19. The summed E-state index contributed by atoms with van der Waals surface area (Å²) in [6.45, 7) is 2.37. The zero-order chi connectivity index (χ0) is 12.3. The predicted molar refractivity (Wildman–Crippen MR) is 64.8 cm³/mol. The quantitative estimate of drug-likeness (QED) is 0.612. The van der Waals surface area contributed by atoms with Crippen LogP contribution in [-0.4, -0.2) is 56.2 Å². The molecule has 1 saturated heterocycles. The largest absolute Gasteiger partial charge is 0.391 e. The maximum absolute atomic E-state index is 12.1. The van der Waals surface area contributed by atoms with Crippen molar-refractivity contribution in [1.82, 2.24) is 14.3 Å². The van der Waals surface area contributed by atoms with Gasteiger partial charge in [0.05, 0.1) is 6.10 Å². The van der Waals surface area contributed by atoms with Crippen LogP contribution >= 0.6 is 0 Å². The Kier molecular flexibility index (Phi) is 4.37. The molecule has 1 aliphatic heterocycles. The third-order valence-electron chi connectivity index (χ3n) is 3.45. The van der Waals surface area contributed by atoms with E-state index in [2.05, 4.69) is 10.0 Å². The van der Waals surface area contributed by atoms with E-state index in [9.17, 15) is 13.5 Å².